The second kappa shape index (κ2) is 9.83. The fraction of sp³-hybridized carbons (Fsp3) is 0.179. The number of nitro groups is 1. The first-order chi connectivity index (χ1) is 18.8. The minimum Gasteiger partial charge on any atom is -0.489 e. The molecule has 4 aromatic rings. The number of ether oxygens (including phenoxy) is 1. The normalized spacial score (nSPS) is 20.0. The van der Waals surface area contributed by atoms with Crippen molar-refractivity contribution in [3.63, 3.8) is 0 Å². The van der Waals surface area contributed by atoms with Gasteiger partial charge in [-0.1, -0.05) is 71.1 Å². The Bertz CT molecular complexity index is 1660. The number of thiazole rings is 1. The predicted octanol–water partition coefficient (Wildman–Crippen LogP) is 5.03. The quantitative estimate of drug-likeness (QED) is 0.200. The van der Waals surface area contributed by atoms with Crippen LogP contribution in [0.2, 0.25) is 0 Å². The number of thioether (sulfide) groups is 1. The van der Waals surface area contributed by atoms with Crippen molar-refractivity contribution in [2.45, 2.75) is 29.7 Å². The van der Waals surface area contributed by atoms with Gasteiger partial charge in [-0.15, -0.1) is 0 Å². The van der Waals surface area contributed by atoms with Crippen LogP contribution < -0.4 is 14.5 Å². The molecule has 0 saturated carbocycles. The van der Waals surface area contributed by atoms with Gasteiger partial charge >= 0.3 is 4.87 Å². The first-order valence-corrected chi connectivity index (χ1v) is 13.8. The Labute approximate surface area is 230 Å². The van der Waals surface area contributed by atoms with Crippen LogP contribution in [0.1, 0.15) is 27.5 Å². The van der Waals surface area contributed by atoms with E-state index < -0.39 is 33.8 Å². The summed E-state index contributed by atoms with van der Waals surface area (Å²) in [4.78, 5) is 54.9. The van der Waals surface area contributed by atoms with E-state index in [4.69, 9.17) is 4.74 Å². The third-order valence-electron chi connectivity index (χ3n) is 6.91. The van der Waals surface area contributed by atoms with Crippen molar-refractivity contribution in [1.82, 2.24) is 4.98 Å². The lowest BCUT2D eigenvalue weighted by Gasteiger charge is -2.30. The number of aromatic amines is 1. The largest absolute Gasteiger partial charge is 0.489 e. The number of benzene rings is 3. The number of aryl methyl sites for hydroxylation is 1. The number of nitro benzene ring substituents is 1. The van der Waals surface area contributed by atoms with Gasteiger partial charge in [0.15, 0.2) is 0 Å². The van der Waals surface area contributed by atoms with Crippen LogP contribution in [0.25, 0.3) is 0 Å². The summed E-state index contributed by atoms with van der Waals surface area (Å²) in [5.74, 6) is -1.67. The van der Waals surface area contributed by atoms with E-state index in [2.05, 4.69) is 4.98 Å². The lowest BCUT2D eigenvalue weighted by atomic mass is 9.82. The maximum atomic E-state index is 13.9. The second-order valence-electron chi connectivity index (χ2n) is 9.35. The summed E-state index contributed by atoms with van der Waals surface area (Å²) in [5, 5.41) is 10.9. The maximum Gasteiger partial charge on any atom is 0.305 e. The molecule has 1 fully saturated rings. The first-order valence-electron chi connectivity index (χ1n) is 12.1. The number of carbonyl (C=O) groups excluding carboxylic acids is 2. The van der Waals surface area contributed by atoms with Crippen LogP contribution >= 0.6 is 23.1 Å². The number of anilines is 1. The number of rotatable bonds is 6. The predicted molar refractivity (Wildman–Crippen MR) is 147 cm³/mol. The Balaban J connectivity index is 1.40. The SMILES string of the molecule is Cc1ccc(COc2ccccc2[C@H]2c3sc(=O)[nH]c3SC3C(=O)N(c4ccc([N+](=O)[O-])cc4)C(=O)C32)cc1. The van der Waals surface area contributed by atoms with Crippen molar-refractivity contribution in [3.05, 3.63) is 114 Å². The van der Waals surface area contributed by atoms with Gasteiger partial charge < -0.3 is 9.72 Å². The number of aromatic nitrogens is 1. The van der Waals surface area contributed by atoms with Crippen molar-refractivity contribution in [1.29, 1.82) is 0 Å². The standard InChI is InChI=1S/C28H21N3O6S2/c1-15-6-8-16(9-7-15)14-37-20-5-3-2-4-19(20)21-22-24(38-25-23(21)39-28(34)29-25)27(33)30(26(22)32)17-10-12-18(13-11-17)31(35)36/h2-13,21-22,24H,14H2,1H3,(H,29,34)/t21-,22?,24?/m1/s1. The third-order valence-corrected chi connectivity index (χ3v) is 9.31. The minimum absolute atomic E-state index is 0.137. The molecule has 2 amide bonds. The van der Waals surface area contributed by atoms with Gasteiger partial charge in [-0.05, 0) is 30.7 Å². The topological polar surface area (TPSA) is 123 Å². The summed E-state index contributed by atoms with van der Waals surface area (Å²) in [6.07, 6.45) is 0. The number of para-hydroxylation sites is 1. The lowest BCUT2D eigenvalue weighted by molar-refractivity contribution is -0.384. The zero-order chi connectivity index (χ0) is 27.3. The number of non-ortho nitro benzene ring substituents is 1. The molecule has 9 nitrogen and oxygen atoms in total. The van der Waals surface area contributed by atoms with Crippen LogP contribution in [0.15, 0.2) is 82.6 Å². The fourth-order valence-corrected chi connectivity index (χ4v) is 7.55. The van der Waals surface area contributed by atoms with E-state index in [9.17, 15) is 24.5 Å². The Morgan fingerprint density at radius 2 is 1.69 bits per heavy atom. The van der Waals surface area contributed by atoms with Crippen LogP contribution in [0.5, 0.6) is 5.75 Å². The average Bonchev–Trinajstić information content (AvgIpc) is 3.43. The summed E-state index contributed by atoms with van der Waals surface area (Å²) in [6, 6.07) is 20.7. The number of hydrogen-bond acceptors (Lipinski definition) is 8. The van der Waals surface area contributed by atoms with Crippen molar-refractivity contribution in [2.75, 3.05) is 4.90 Å². The Kier molecular flexibility index (Phi) is 6.32. The molecule has 0 spiro atoms. The molecule has 6 rings (SSSR count). The maximum absolute atomic E-state index is 13.9. The van der Waals surface area contributed by atoms with Gasteiger partial charge in [0.1, 0.15) is 17.6 Å². The Hall–Kier alpha value is -4.22. The third kappa shape index (κ3) is 4.43. The second-order valence-corrected chi connectivity index (χ2v) is 11.5. The van der Waals surface area contributed by atoms with Gasteiger partial charge in [0.25, 0.3) is 5.69 Å². The van der Waals surface area contributed by atoms with Crippen LogP contribution in [-0.2, 0) is 16.2 Å². The van der Waals surface area contributed by atoms with Crippen molar-refractivity contribution in [3.8, 4) is 5.75 Å². The van der Waals surface area contributed by atoms with E-state index in [0.717, 1.165) is 27.4 Å². The molecule has 0 aliphatic carbocycles. The smallest absolute Gasteiger partial charge is 0.305 e. The van der Waals surface area contributed by atoms with Crippen LogP contribution in [0.3, 0.4) is 0 Å². The van der Waals surface area contributed by atoms with Crippen molar-refractivity contribution >= 4 is 46.3 Å². The highest BCUT2D eigenvalue weighted by atomic mass is 32.2. The molecule has 3 atom stereocenters. The van der Waals surface area contributed by atoms with E-state index in [1.54, 1.807) is 0 Å². The molecular weight excluding hydrogens is 538 g/mol. The molecule has 3 aromatic carbocycles. The number of fused-ring (bicyclic) bond motifs is 2. The number of amides is 2. The molecule has 11 heteroatoms. The van der Waals surface area contributed by atoms with Gasteiger partial charge in [0, 0.05) is 28.5 Å². The highest BCUT2D eigenvalue weighted by molar-refractivity contribution is 8.00. The van der Waals surface area contributed by atoms with Crippen molar-refractivity contribution < 1.29 is 19.2 Å². The van der Waals surface area contributed by atoms with Crippen LogP contribution in [0.4, 0.5) is 11.4 Å². The Morgan fingerprint density at radius 3 is 2.41 bits per heavy atom. The van der Waals surface area contributed by atoms with Gasteiger partial charge in [0.05, 0.1) is 21.6 Å². The number of H-pyrrole nitrogens is 1. The summed E-state index contributed by atoms with van der Waals surface area (Å²) >= 11 is 2.20. The summed E-state index contributed by atoms with van der Waals surface area (Å²) in [7, 11) is 0. The number of carbonyl (C=O) groups is 2. The lowest BCUT2D eigenvalue weighted by Crippen LogP contribution is -2.32. The van der Waals surface area contributed by atoms with E-state index in [-0.39, 0.29) is 16.2 Å². The fourth-order valence-electron chi connectivity index (χ4n) is 5.04. The molecule has 1 aromatic heterocycles. The molecule has 0 radical (unpaired) electrons. The van der Waals surface area contributed by atoms with Gasteiger partial charge in [-0.2, -0.15) is 0 Å². The molecule has 1 saturated heterocycles. The molecule has 39 heavy (non-hydrogen) atoms. The van der Waals surface area contributed by atoms with E-state index in [0.29, 0.717) is 27.8 Å². The van der Waals surface area contributed by atoms with E-state index >= 15 is 0 Å². The minimum atomic E-state index is -0.791. The molecule has 2 aliphatic heterocycles. The number of nitrogens with one attached hydrogen (secondary N) is 1. The molecular formula is C28H21N3O6S2. The van der Waals surface area contributed by atoms with E-state index in [1.165, 1.54) is 36.0 Å². The van der Waals surface area contributed by atoms with Crippen molar-refractivity contribution in [2.24, 2.45) is 5.92 Å². The molecule has 0 bridgehead atoms. The first kappa shape index (κ1) is 25.1. The molecule has 1 N–H and O–H groups in total. The monoisotopic (exact) mass is 559 g/mol. The molecule has 2 unspecified atom stereocenters. The van der Waals surface area contributed by atoms with Crippen LogP contribution in [-0.4, -0.2) is 27.0 Å². The van der Waals surface area contributed by atoms with Gasteiger partial charge in [-0.25, -0.2) is 4.90 Å². The van der Waals surface area contributed by atoms with E-state index in [1.807, 2.05) is 55.5 Å². The summed E-state index contributed by atoms with van der Waals surface area (Å²) in [5.41, 5.74) is 2.97. The van der Waals surface area contributed by atoms with Gasteiger partial charge in [-0.3, -0.25) is 24.5 Å². The summed E-state index contributed by atoms with van der Waals surface area (Å²) < 4.78 is 6.23. The zero-order valence-electron chi connectivity index (χ0n) is 20.5. The average molecular weight is 560 g/mol. The number of imide groups is 1. The molecule has 196 valence electrons. The molecule has 2 aliphatic rings. The number of hydrogen-bond donors (Lipinski definition) is 1. The van der Waals surface area contributed by atoms with Crippen LogP contribution in [0, 0.1) is 23.0 Å². The molecule has 3 heterocycles. The Morgan fingerprint density at radius 1 is 0.974 bits per heavy atom. The highest BCUT2D eigenvalue weighted by Gasteiger charge is 2.56. The van der Waals surface area contributed by atoms with Gasteiger partial charge in [0.2, 0.25) is 11.8 Å². The number of nitrogens with zero attached hydrogens (tertiary/aromatic N) is 2. The summed E-state index contributed by atoms with van der Waals surface area (Å²) in [6.45, 7) is 2.32. The highest BCUT2D eigenvalue weighted by Crippen LogP contribution is 2.54. The zero-order valence-corrected chi connectivity index (χ0v) is 22.2.